The number of carbonyl (C=O) groups excluding carboxylic acids is 1. The van der Waals surface area contributed by atoms with Crippen LogP contribution in [0.15, 0.2) is 58.4 Å². The summed E-state index contributed by atoms with van der Waals surface area (Å²) in [5, 5.41) is 25.5. The summed E-state index contributed by atoms with van der Waals surface area (Å²) >= 11 is 0. The molecule has 13 heteroatoms. The fourth-order valence-corrected chi connectivity index (χ4v) is 7.71. The molecule has 1 aromatic heterocycles. The molecule has 0 saturated carbocycles. The lowest BCUT2D eigenvalue weighted by Crippen LogP contribution is -2.51. The number of ether oxygens (including phenoxy) is 3. The van der Waals surface area contributed by atoms with E-state index in [9.17, 15) is 23.4 Å². The van der Waals surface area contributed by atoms with Gasteiger partial charge in [-0.05, 0) is 47.9 Å². The number of aromatic nitrogens is 1. The first-order chi connectivity index (χ1) is 22.7. The molecule has 1 amide bonds. The Morgan fingerprint density at radius 3 is 2.62 bits per heavy atom. The van der Waals surface area contributed by atoms with Crippen LogP contribution in [0.25, 0.3) is 10.9 Å². The van der Waals surface area contributed by atoms with Gasteiger partial charge in [0, 0.05) is 36.8 Å². The monoisotopic (exact) mass is 684 g/mol. The Hall–Kier alpha value is -3.49. The number of H-pyrrole nitrogens is 1. The Balaban J connectivity index is 1.38. The smallest absolute Gasteiger partial charge is 0.407 e. The van der Waals surface area contributed by atoms with Crippen molar-refractivity contribution >= 4 is 33.2 Å². The van der Waals surface area contributed by atoms with E-state index in [0.717, 1.165) is 12.0 Å². The Morgan fingerprint density at radius 2 is 1.92 bits per heavy atom. The number of sulfonamides is 1. The van der Waals surface area contributed by atoms with Gasteiger partial charge in [-0.15, -0.1) is 0 Å². The van der Waals surface area contributed by atoms with E-state index in [0.29, 0.717) is 29.6 Å². The summed E-state index contributed by atoms with van der Waals surface area (Å²) in [4.78, 5) is 20.5. The maximum Gasteiger partial charge on any atom is 0.407 e. The van der Waals surface area contributed by atoms with Crippen molar-refractivity contribution in [3.05, 3.63) is 59.7 Å². The van der Waals surface area contributed by atoms with Gasteiger partial charge in [0.2, 0.25) is 10.0 Å². The molecular weight excluding hydrogens is 636 g/mol. The number of hydrogen-bond donors (Lipinski definition) is 4. The van der Waals surface area contributed by atoms with E-state index >= 15 is 0 Å². The van der Waals surface area contributed by atoms with Gasteiger partial charge in [-0.25, -0.2) is 13.2 Å². The highest BCUT2D eigenvalue weighted by Gasteiger charge is 2.44. The average molecular weight is 685 g/mol. The summed E-state index contributed by atoms with van der Waals surface area (Å²) < 4.78 is 46.5. The lowest BCUT2D eigenvalue weighted by Gasteiger charge is -2.31. The molecule has 3 heterocycles. The van der Waals surface area contributed by atoms with Gasteiger partial charge in [-0.3, -0.25) is 4.99 Å². The summed E-state index contributed by atoms with van der Waals surface area (Å²) in [7, 11) is -4.14. The normalized spacial score (nSPS) is 21.3. The van der Waals surface area contributed by atoms with Crippen LogP contribution in [0, 0.1) is 17.3 Å². The molecule has 5 atom stereocenters. The van der Waals surface area contributed by atoms with Crippen molar-refractivity contribution in [3.63, 3.8) is 0 Å². The number of nitrogens with zero attached hydrogens (tertiary/aromatic N) is 2. The zero-order valence-electron chi connectivity index (χ0n) is 28.3. The number of fused-ring (bicyclic) bond motifs is 2. The van der Waals surface area contributed by atoms with E-state index in [1.165, 1.54) is 16.4 Å². The molecule has 0 bridgehead atoms. The van der Waals surface area contributed by atoms with Crippen LogP contribution in [0.4, 0.5) is 4.79 Å². The van der Waals surface area contributed by atoms with Crippen LogP contribution >= 0.6 is 0 Å². The van der Waals surface area contributed by atoms with Crippen molar-refractivity contribution in [2.75, 3.05) is 32.8 Å². The van der Waals surface area contributed by atoms with E-state index < -0.39 is 34.4 Å². The molecule has 2 aliphatic rings. The van der Waals surface area contributed by atoms with Crippen LogP contribution in [0.3, 0.4) is 0 Å². The molecule has 2 saturated heterocycles. The van der Waals surface area contributed by atoms with E-state index in [4.69, 9.17) is 14.2 Å². The first-order valence-corrected chi connectivity index (χ1v) is 17.9. The van der Waals surface area contributed by atoms with Crippen LogP contribution in [-0.4, -0.2) is 97.6 Å². The maximum absolute atomic E-state index is 14.2. The fraction of sp³-hybridized carbons (Fsp3) is 0.543. The van der Waals surface area contributed by atoms with Gasteiger partial charge in [-0.2, -0.15) is 4.31 Å². The number of rotatable bonds is 13. The van der Waals surface area contributed by atoms with Gasteiger partial charge in [0.1, 0.15) is 6.10 Å². The lowest BCUT2D eigenvalue weighted by atomic mass is 9.97. The standard InChI is InChI=1S/C35H48N4O8S/c1-22(2)18-39(48(43,44)24-11-12-28-26(16-24)27(32(41)37-28)17-36-21-35(3,4)5)19-30(40)29(15-23-9-7-6-8-10-23)38-34(42)47-31-20-46-33-25(31)13-14-45-33/h6-12,16-17,22,25,29-31,33,37,40-41H,13-15,18-21H2,1-5H3,(H,38,42)/t25?,29-,30+,31-,33?/m0/s1. The largest absolute Gasteiger partial charge is 0.494 e. The number of alkyl carbamates (subject to hydrolysis) is 1. The third-order valence-electron chi connectivity index (χ3n) is 8.48. The molecule has 262 valence electrons. The topological polar surface area (TPSA) is 163 Å². The molecule has 2 fully saturated rings. The number of benzene rings is 2. The van der Waals surface area contributed by atoms with Gasteiger partial charge < -0.3 is 34.7 Å². The number of carbonyl (C=O) groups is 1. The van der Waals surface area contributed by atoms with Crippen LogP contribution in [0.5, 0.6) is 5.88 Å². The average Bonchev–Trinajstić information content (AvgIpc) is 3.72. The van der Waals surface area contributed by atoms with Crippen molar-refractivity contribution < 1.29 is 37.6 Å². The summed E-state index contributed by atoms with van der Waals surface area (Å²) in [5.41, 5.74) is 1.75. The Kier molecular flexibility index (Phi) is 11.2. The number of aliphatic hydroxyl groups excluding tert-OH is 1. The zero-order chi connectivity index (χ0) is 34.6. The van der Waals surface area contributed by atoms with Crippen molar-refractivity contribution in [3.8, 4) is 5.88 Å². The predicted molar refractivity (Wildman–Crippen MR) is 183 cm³/mol. The summed E-state index contributed by atoms with van der Waals surface area (Å²) in [6, 6.07) is 13.1. The molecule has 5 rings (SSSR count). The van der Waals surface area contributed by atoms with Crippen molar-refractivity contribution in [1.29, 1.82) is 0 Å². The SMILES string of the molecule is CC(C)CN(C[C@@H](O)[C@H](Cc1ccccc1)NC(=O)O[C@H]1COC2OCCC21)S(=O)(=O)c1ccc2[nH]c(O)c(C=NCC(C)(C)C)c2c1. The highest BCUT2D eigenvalue weighted by molar-refractivity contribution is 7.89. The first kappa shape index (κ1) is 35.8. The highest BCUT2D eigenvalue weighted by atomic mass is 32.2. The Morgan fingerprint density at radius 1 is 1.17 bits per heavy atom. The van der Waals surface area contributed by atoms with E-state index in [1.54, 1.807) is 12.3 Å². The van der Waals surface area contributed by atoms with Gasteiger partial charge in [0.15, 0.2) is 12.2 Å². The van der Waals surface area contributed by atoms with Crippen molar-refractivity contribution in [2.45, 2.75) is 76.9 Å². The second kappa shape index (κ2) is 15.0. The number of hydrogen-bond acceptors (Lipinski definition) is 9. The summed E-state index contributed by atoms with van der Waals surface area (Å²) in [6.45, 7) is 11.1. The third-order valence-corrected chi connectivity index (χ3v) is 10.3. The summed E-state index contributed by atoms with van der Waals surface area (Å²) in [5.74, 6) is -0.223. The van der Waals surface area contributed by atoms with Gasteiger partial charge >= 0.3 is 6.09 Å². The quantitative estimate of drug-likeness (QED) is 0.192. The molecule has 2 aromatic carbocycles. The van der Waals surface area contributed by atoms with Gasteiger partial charge in [0.25, 0.3) is 0 Å². The molecule has 3 aromatic rings. The Bertz CT molecular complexity index is 1690. The molecule has 0 aliphatic carbocycles. The summed E-state index contributed by atoms with van der Waals surface area (Å²) in [6.07, 6.45) is -0.334. The van der Waals surface area contributed by atoms with Crippen molar-refractivity contribution in [1.82, 2.24) is 14.6 Å². The van der Waals surface area contributed by atoms with Crippen LogP contribution in [0.2, 0.25) is 0 Å². The molecule has 2 aliphatic heterocycles. The highest BCUT2D eigenvalue weighted by Crippen LogP contribution is 2.33. The minimum atomic E-state index is -4.14. The minimum absolute atomic E-state index is 0.00821. The number of nitrogens with one attached hydrogen (secondary N) is 2. The van der Waals surface area contributed by atoms with Crippen LogP contribution in [0.1, 0.15) is 52.2 Å². The number of amides is 1. The molecule has 0 spiro atoms. The fourth-order valence-electron chi connectivity index (χ4n) is 6.06. The molecular formula is C35H48N4O8S. The molecule has 2 unspecified atom stereocenters. The minimum Gasteiger partial charge on any atom is -0.494 e. The third kappa shape index (κ3) is 8.75. The van der Waals surface area contributed by atoms with Gasteiger partial charge in [0.05, 0.1) is 41.7 Å². The van der Waals surface area contributed by atoms with E-state index in [2.05, 4.69) is 36.1 Å². The van der Waals surface area contributed by atoms with Crippen LogP contribution < -0.4 is 5.32 Å². The number of aliphatic imine (C=N–C) groups is 1. The number of aromatic hydroxyl groups is 1. The molecule has 48 heavy (non-hydrogen) atoms. The first-order valence-electron chi connectivity index (χ1n) is 16.5. The molecule has 0 radical (unpaired) electrons. The Labute approximate surface area is 282 Å². The van der Waals surface area contributed by atoms with Crippen molar-refractivity contribution in [2.24, 2.45) is 22.2 Å². The zero-order valence-corrected chi connectivity index (χ0v) is 29.1. The second-order valence-corrected chi connectivity index (χ2v) is 16.3. The number of aliphatic hydroxyl groups is 1. The number of aromatic amines is 1. The molecule has 12 nitrogen and oxygen atoms in total. The second-order valence-electron chi connectivity index (χ2n) is 14.3. The van der Waals surface area contributed by atoms with Gasteiger partial charge in [-0.1, -0.05) is 65.0 Å². The molecule has 4 N–H and O–H groups in total. The van der Waals surface area contributed by atoms with E-state index in [-0.39, 0.29) is 60.4 Å². The van der Waals surface area contributed by atoms with Crippen LogP contribution in [-0.2, 0) is 30.7 Å². The lowest BCUT2D eigenvalue weighted by molar-refractivity contribution is -0.0907. The predicted octanol–water partition coefficient (Wildman–Crippen LogP) is 4.45. The maximum atomic E-state index is 14.2. The van der Waals surface area contributed by atoms with E-state index in [1.807, 2.05) is 44.2 Å².